The number of carboxylic acids is 5. The van der Waals surface area contributed by atoms with Crippen LogP contribution in [0.1, 0.15) is 56.1 Å². The van der Waals surface area contributed by atoms with Gasteiger partial charge in [0.2, 0.25) is 58.8 Å². The molecule has 1 saturated carbocycles. The second kappa shape index (κ2) is 37.6. The van der Waals surface area contributed by atoms with Gasteiger partial charge in [0, 0.05) is 17.8 Å². The fourth-order valence-corrected chi connectivity index (χ4v) is 11.7. The lowest BCUT2D eigenvalue weighted by Crippen LogP contribution is -2.60. The molecule has 2 aromatic rings. The van der Waals surface area contributed by atoms with Gasteiger partial charge in [-0.2, -0.15) is 33.7 Å². The van der Waals surface area contributed by atoms with E-state index in [4.69, 9.17) is 14.0 Å². The zero-order valence-corrected chi connectivity index (χ0v) is 54.8. The minimum atomic E-state index is -5.38. The number of ketones is 2. The maximum Gasteiger partial charge on any atom is 0.375 e. The smallest absolute Gasteiger partial charge is 0.375 e. The number of amides is 8. The van der Waals surface area contributed by atoms with Crippen molar-refractivity contribution in [3.05, 3.63) is 71.8 Å². The Morgan fingerprint density at radius 1 is 0.337 bits per heavy atom. The van der Waals surface area contributed by atoms with Crippen molar-refractivity contribution < 1.29 is 168 Å². The summed E-state index contributed by atoms with van der Waals surface area (Å²) in [6, 6.07) is -6.54. The molecule has 0 aromatic heterocycles. The monoisotopic (exact) mass is 1520 g/mol. The highest BCUT2D eigenvalue weighted by Gasteiger charge is 2.45. The lowest BCUT2D eigenvalue weighted by Gasteiger charge is -2.33. The van der Waals surface area contributed by atoms with Gasteiger partial charge >= 0.3 is 41.8 Å². The number of nitrogens with one attached hydrogen (secondary N) is 8. The molecule has 3 rings (SSSR count). The highest BCUT2D eigenvalue weighted by atomic mass is 32.2. The summed E-state index contributed by atoms with van der Waals surface area (Å²) >= 11 is 0. The average molecular weight is 1520 g/mol. The molecule has 44 nitrogen and oxygen atoms in total. The number of hydrogen-bond acceptors (Lipinski definition) is 27. The van der Waals surface area contributed by atoms with E-state index in [1.807, 2.05) is 5.32 Å². The second-order valence-corrected chi connectivity index (χ2v) is 27.9. The van der Waals surface area contributed by atoms with Crippen LogP contribution in [0.2, 0.25) is 0 Å². The summed E-state index contributed by atoms with van der Waals surface area (Å²) in [5.74, 6) is -44.9. The quantitative estimate of drug-likeness (QED) is 0.0167. The first-order valence-corrected chi connectivity index (χ1v) is 34.9. The van der Waals surface area contributed by atoms with Gasteiger partial charge in [-0.05, 0) is 30.4 Å². The van der Waals surface area contributed by atoms with Gasteiger partial charge < -0.3 is 77.5 Å². The molecule has 8 amide bonds. The molecule has 0 bridgehead atoms. The van der Waals surface area contributed by atoms with Crippen molar-refractivity contribution in [3.63, 3.8) is 0 Å². The van der Waals surface area contributed by atoms with Crippen LogP contribution in [0.15, 0.2) is 60.7 Å². The van der Waals surface area contributed by atoms with E-state index >= 15 is 0 Å². The normalized spacial score (nSPS) is 17.0. The molecule has 1 fully saturated rings. The molecule has 0 heterocycles. The maximum absolute atomic E-state index is 14.7. The third-order valence-corrected chi connectivity index (χ3v) is 16.8. The molecule has 48 heteroatoms. The molecular formula is C53H64N8O36S4. The van der Waals surface area contributed by atoms with E-state index in [1.165, 1.54) is 69.8 Å². The van der Waals surface area contributed by atoms with Crippen LogP contribution < -0.4 is 42.5 Å². The fraction of sp³-hybridized carbons (Fsp3) is 0.453. The summed E-state index contributed by atoms with van der Waals surface area (Å²) in [6.45, 7) is -1.03. The van der Waals surface area contributed by atoms with Crippen molar-refractivity contribution >= 4 is 141 Å². The van der Waals surface area contributed by atoms with Crippen molar-refractivity contribution in [1.82, 2.24) is 42.5 Å². The number of carboxylic acid groups (broad SMARTS) is 5. The highest BCUT2D eigenvalue weighted by molar-refractivity contribution is 7.86. The Labute approximate surface area is 568 Å². The van der Waals surface area contributed by atoms with Crippen molar-refractivity contribution in [2.45, 2.75) is 106 Å². The third-order valence-electron chi connectivity index (χ3n) is 13.8. The topological polar surface area (TPSA) is 724 Å². The molecule has 0 aliphatic heterocycles. The standard InChI is InChI=1S/C53H64N8O36S4/c62-37(54-33(48(74)75)20-98(84,85)86)14-29(58-43(68)28-12-26(41(66)52(82)96-18-24-7-3-1-4-8-24)11-27(13-28)42(67)53(83)97-19-25-9-5-2-6-10-25)44(69)59-30(15-38(63)55-34(49(76)77)21-99(87,88)89)45(70)60-31(16-39(64)56-35(50(78)79)22-100(90,91)92)46(71)61-32(47(72)73)17-40(65)57-36(51(80)81)23-101(93,94)95/h1-10,26-36H,11-23H2,(H,54,62)(H,55,63)(H,56,64)(H,57,65)(H,58,68)(H,59,69)(H,60,70)(H,61,71)(H,72,73)(H,74,75)(H,76,77)(H,78,79)(H,80,81)(H,84,85,86)(H,87,88,89)(H,90,91,92)(H,93,94,95)/t26-,27+,28?,29-,30-,31-,32-,33-,34-,35-,36-/m1/s1. The Balaban J connectivity index is 2.28. The summed E-state index contributed by atoms with van der Waals surface area (Å²) in [4.78, 5) is 226. The summed E-state index contributed by atoms with van der Waals surface area (Å²) in [5.41, 5.74) is 0.713. The molecule has 1 aliphatic carbocycles. The number of benzene rings is 2. The predicted octanol–water partition coefficient (Wildman–Crippen LogP) is -7.94. The minimum Gasteiger partial charge on any atom is -0.480 e. The molecule has 0 spiro atoms. The maximum atomic E-state index is 14.7. The van der Waals surface area contributed by atoms with Gasteiger partial charge in [-0.15, -0.1) is 0 Å². The van der Waals surface area contributed by atoms with Crippen LogP contribution in [0.25, 0.3) is 0 Å². The van der Waals surface area contributed by atoms with Crippen molar-refractivity contribution in [2.75, 3.05) is 23.0 Å². The van der Waals surface area contributed by atoms with Gasteiger partial charge in [-0.3, -0.25) is 66.2 Å². The molecule has 0 radical (unpaired) electrons. The van der Waals surface area contributed by atoms with Crippen LogP contribution in [0, 0.1) is 17.8 Å². The van der Waals surface area contributed by atoms with E-state index in [0.29, 0.717) is 11.1 Å². The van der Waals surface area contributed by atoms with E-state index in [1.54, 1.807) is 28.1 Å². The van der Waals surface area contributed by atoms with Gasteiger partial charge in [0.25, 0.3) is 40.5 Å². The zero-order valence-electron chi connectivity index (χ0n) is 51.5. The molecule has 11 atom stereocenters. The SMILES string of the molecule is O=C(C[C@@H](NC(=O)[C@@H](CC(=O)N[C@H](CS(=O)(=O)O)C(=O)O)NC(=O)[C@@H](CC(=O)N[C@H](CS(=O)(=O)O)C(=O)O)NC(=O)[C@@H](CC(=O)N[C@H](CS(=O)(=O)O)C(=O)O)NC(=O)C1C[C@@H](C(=O)C(=O)OCc2ccccc2)C[C@@H](C(=O)C(=O)OCc2ccccc2)C1)C(=O)O)N[C@H](CS(=O)(=O)O)C(=O)O. The molecule has 101 heavy (non-hydrogen) atoms. The van der Waals surface area contributed by atoms with E-state index in [-0.39, 0.29) is 0 Å². The van der Waals surface area contributed by atoms with E-state index < -0.39 is 288 Å². The number of Topliss-reactive ketones (excluding diaryl/α,β-unsaturated/α-hetero) is 2. The lowest BCUT2D eigenvalue weighted by atomic mass is 9.71. The first-order chi connectivity index (χ1) is 46.6. The lowest BCUT2D eigenvalue weighted by molar-refractivity contribution is -0.160. The molecule has 556 valence electrons. The van der Waals surface area contributed by atoms with Crippen molar-refractivity contribution in [3.8, 4) is 0 Å². The number of rotatable bonds is 41. The van der Waals surface area contributed by atoms with Gasteiger partial charge in [0.15, 0.2) is 0 Å². The predicted molar refractivity (Wildman–Crippen MR) is 325 cm³/mol. The zero-order chi connectivity index (χ0) is 76.7. The van der Waals surface area contributed by atoms with Crippen LogP contribution in [0.3, 0.4) is 0 Å². The summed E-state index contributed by atoms with van der Waals surface area (Å²) in [7, 11) is -21.3. The molecule has 2 aromatic carbocycles. The summed E-state index contributed by atoms with van der Waals surface area (Å²) in [6.07, 6.45) is -9.30. The molecule has 1 unspecified atom stereocenters. The first kappa shape index (κ1) is 84.7. The largest absolute Gasteiger partial charge is 0.480 e. The Hall–Kier alpha value is -10.5. The number of carbonyl (C=O) groups excluding carboxylic acids is 12. The number of carbonyl (C=O) groups is 17. The van der Waals surface area contributed by atoms with E-state index in [9.17, 15) is 154 Å². The highest BCUT2D eigenvalue weighted by Crippen LogP contribution is 2.36. The Bertz CT molecular complexity index is 3930. The van der Waals surface area contributed by atoms with Crippen LogP contribution in [0.4, 0.5) is 0 Å². The Morgan fingerprint density at radius 3 is 0.832 bits per heavy atom. The molecule has 1 aliphatic rings. The van der Waals surface area contributed by atoms with Crippen LogP contribution in [-0.4, -0.2) is 249 Å². The van der Waals surface area contributed by atoms with E-state index in [2.05, 4.69) is 0 Å². The van der Waals surface area contributed by atoms with Crippen molar-refractivity contribution in [1.29, 1.82) is 0 Å². The average Bonchev–Trinajstić information content (AvgIpc) is 0.812. The van der Waals surface area contributed by atoms with Gasteiger partial charge in [0.1, 0.15) is 84.6 Å². The van der Waals surface area contributed by atoms with E-state index in [0.717, 1.165) is 0 Å². The van der Waals surface area contributed by atoms with Gasteiger partial charge in [-0.25, -0.2) is 33.6 Å². The van der Waals surface area contributed by atoms with Gasteiger partial charge in [0.05, 0.1) is 25.7 Å². The summed E-state index contributed by atoms with van der Waals surface area (Å²) in [5, 5.41) is 61.2. The second-order valence-electron chi connectivity index (χ2n) is 21.9. The third kappa shape index (κ3) is 31.5. The van der Waals surface area contributed by atoms with Crippen LogP contribution in [0.5, 0.6) is 0 Å². The number of esters is 2. The Kier molecular flexibility index (Phi) is 31.5. The van der Waals surface area contributed by atoms with Gasteiger partial charge in [-0.1, -0.05) is 60.7 Å². The number of aliphatic carboxylic acids is 5. The molecule has 0 saturated heterocycles. The fourth-order valence-electron chi connectivity index (χ4n) is 9.11. The molecule has 17 N–H and O–H groups in total. The Morgan fingerprint density at radius 2 is 0.574 bits per heavy atom. The summed E-state index contributed by atoms with van der Waals surface area (Å²) < 4.78 is 141. The van der Waals surface area contributed by atoms with Crippen LogP contribution >= 0.6 is 0 Å². The number of ether oxygens (including phenoxy) is 2. The minimum absolute atomic E-state index is 0.357. The van der Waals surface area contributed by atoms with Crippen LogP contribution in [-0.2, 0) is 145 Å². The molecular weight excluding hydrogens is 1450 g/mol. The van der Waals surface area contributed by atoms with Crippen molar-refractivity contribution in [2.24, 2.45) is 17.8 Å². The number of hydrogen-bond donors (Lipinski definition) is 17. The first-order valence-electron chi connectivity index (χ1n) is 28.4.